The molecule has 0 bridgehead atoms. The van der Waals surface area contributed by atoms with Gasteiger partial charge in [0.1, 0.15) is 0 Å². The molecule has 0 atom stereocenters. The van der Waals surface area contributed by atoms with Gasteiger partial charge in [0.15, 0.2) is 0 Å². The maximum atomic E-state index is 6.03. The molecule has 0 radical (unpaired) electrons. The van der Waals surface area contributed by atoms with E-state index in [0.717, 1.165) is 10.4 Å². The molecule has 0 spiro atoms. The lowest BCUT2D eigenvalue weighted by Gasteiger charge is -2.01. The van der Waals surface area contributed by atoms with Crippen molar-refractivity contribution in [2.24, 2.45) is 0 Å². The Labute approximate surface area is 90.0 Å². The molecular weight excluding hydrogens is 225 g/mol. The van der Waals surface area contributed by atoms with Crippen molar-refractivity contribution >= 4 is 34.5 Å². The number of halogens is 2. The molecule has 0 aliphatic carbocycles. The molecule has 1 aromatic heterocycles. The molecule has 2 rings (SSSR count). The van der Waals surface area contributed by atoms with Crippen LogP contribution in [-0.2, 0) is 0 Å². The van der Waals surface area contributed by atoms with E-state index in [2.05, 4.69) is 4.98 Å². The summed E-state index contributed by atoms with van der Waals surface area (Å²) in [7, 11) is 0. The summed E-state index contributed by atoms with van der Waals surface area (Å²) in [5.74, 6) is 0. The fourth-order valence-electron chi connectivity index (χ4n) is 1.04. The van der Waals surface area contributed by atoms with Crippen molar-refractivity contribution in [2.45, 2.75) is 0 Å². The number of aromatic nitrogens is 1. The molecular formula is C9H5Cl2NS. The number of hydrogen-bond acceptors (Lipinski definition) is 2. The van der Waals surface area contributed by atoms with Crippen molar-refractivity contribution in [3.63, 3.8) is 0 Å². The molecule has 1 aromatic carbocycles. The lowest BCUT2D eigenvalue weighted by molar-refractivity contribution is 1.42. The largest absolute Gasteiger partial charge is 0.252 e. The zero-order valence-corrected chi connectivity index (χ0v) is 8.83. The van der Waals surface area contributed by atoms with Gasteiger partial charge in [-0.2, -0.15) is 0 Å². The van der Waals surface area contributed by atoms with Gasteiger partial charge in [-0.05, 0) is 6.07 Å². The third-order valence-electron chi connectivity index (χ3n) is 1.65. The van der Waals surface area contributed by atoms with Crippen molar-refractivity contribution < 1.29 is 0 Å². The zero-order valence-electron chi connectivity index (χ0n) is 6.50. The highest BCUT2D eigenvalue weighted by Gasteiger charge is 2.06. The first kappa shape index (κ1) is 9.00. The molecule has 0 fully saturated rings. The minimum atomic E-state index is 0.576. The standard InChI is InChI=1S/C9H5Cl2NS/c10-7-3-1-2-6(9(7)11)8-4-12-5-13-8/h1-5H. The summed E-state index contributed by atoms with van der Waals surface area (Å²) in [6.07, 6.45) is 1.78. The third-order valence-corrected chi connectivity index (χ3v) is 3.27. The van der Waals surface area contributed by atoms with Gasteiger partial charge in [-0.25, -0.2) is 0 Å². The molecule has 0 aliphatic heterocycles. The van der Waals surface area contributed by atoms with Crippen LogP contribution in [0.1, 0.15) is 0 Å². The van der Waals surface area contributed by atoms with Gasteiger partial charge in [0, 0.05) is 11.8 Å². The summed E-state index contributed by atoms with van der Waals surface area (Å²) in [4.78, 5) is 5.02. The lowest BCUT2D eigenvalue weighted by atomic mass is 10.2. The van der Waals surface area contributed by atoms with E-state index in [1.54, 1.807) is 29.1 Å². The minimum Gasteiger partial charge on any atom is -0.252 e. The van der Waals surface area contributed by atoms with E-state index < -0.39 is 0 Å². The predicted molar refractivity (Wildman–Crippen MR) is 57.6 cm³/mol. The Balaban J connectivity index is 2.59. The van der Waals surface area contributed by atoms with E-state index in [9.17, 15) is 0 Å². The Hall–Kier alpha value is -0.570. The molecule has 0 aliphatic rings. The zero-order chi connectivity index (χ0) is 9.26. The normalized spacial score (nSPS) is 10.3. The van der Waals surface area contributed by atoms with Gasteiger partial charge in [-0.1, -0.05) is 35.3 Å². The molecule has 2 aromatic rings. The van der Waals surface area contributed by atoms with Crippen LogP contribution in [0.15, 0.2) is 29.9 Å². The van der Waals surface area contributed by atoms with Gasteiger partial charge < -0.3 is 0 Å². The topological polar surface area (TPSA) is 12.9 Å². The maximum absolute atomic E-state index is 6.03. The average molecular weight is 230 g/mol. The fourth-order valence-corrected chi connectivity index (χ4v) is 2.16. The summed E-state index contributed by atoms with van der Waals surface area (Å²) in [6.45, 7) is 0. The number of hydrogen-bond donors (Lipinski definition) is 0. The van der Waals surface area contributed by atoms with E-state index in [0.29, 0.717) is 10.0 Å². The van der Waals surface area contributed by atoms with Gasteiger partial charge in [0.2, 0.25) is 0 Å². The van der Waals surface area contributed by atoms with Crippen molar-refractivity contribution in [3.05, 3.63) is 40.0 Å². The van der Waals surface area contributed by atoms with Crippen molar-refractivity contribution in [3.8, 4) is 10.4 Å². The highest BCUT2D eigenvalue weighted by Crippen LogP contribution is 2.34. The van der Waals surface area contributed by atoms with Gasteiger partial charge in [-0.3, -0.25) is 4.98 Å². The Kier molecular flexibility index (Phi) is 2.54. The minimum absolute atomic E-state index is 0.576. The van der Waals surface area contributed by atoms with E-state index >= 15 is 0 Å². The van der Waals surface area contributed by atoms with Crippen LogP contribution in [0.3, 0.4) is 0 Å². The van der Waals surface area contributed by atoms with E-state index in [4.69, 9.17) is 23.2 Å². The van der Waals surface area contributed by atoms with Crippen molar-refractivity contribution in [1.29, 1.82) is 0 Å². The second-order valence-electron chi connectivity index (χ2n) is 2.47. The molecule has 13 heavy (non-hydrogen) atoms. The van der Waals surface area contributed by atoms with Gasteiger partial charge in [0.25, 0.3) is 0 Å². The second-order valence-corrected chi connectivity index (χ2v) is 4.14. The van der Waals surface area contributed by atoms with Gasteiger partial charge in [0.05, 0.1) is 20.4 Å². The Morgan fingerprint density at radius 2 is 2.08 bits per heavy atom. The first-order chi connectivity index (χ1) is 6.29. The summed E-state index contributed by atoms with van der Waals surface area (Å²) >= 11 is 13.5. The summed E-state index contributed by atoms with van der Waals surface area (Å²) < 4.78 is 0. The summed E-state index contributed by atoms with van der Waals surface area (Å²) in [5.41, 5.74) is 2.71. The SMILES string of the molecule is Clc1cccc(-c2cncs2)c1Cl. The highest BCUT2D eigenvalue weighted by molar-refractivity contribution is 7.13. The van der Waals surface area contributed by atoms with Crippen LogP contribution in [0, 0.1) is 0 Å². The Morgan fingerprint density at radius 1 is 1.23 bits per heavy atom. The third kappa shape index (κ3) is 1.70. The van der Waals surface area contributed by atoms with E-state index in [1.807, 2.05) is 12.1 Å². The quantitative estimate of drug-likeness (QED) is 0.718. The fraction of sp³-hybridized carbons (Fsp3) is 0. The molecule has 1 heterocycles. The second kappa shape index (κ2) is 3.66. The molecule has 0 saturated carbocycles. The Bertz CT molecular complexity index is 412. The van der Waals surface area contributed by atoms with Gasteiger partial charge >= 0.3 is 0 Å². The van der Waals surface area contributed by atoms with Crippen LogP contribution >= 0.6 is 34.5 Å². The predicted octanol–water partition coefficient (Wildman–Crippen LogP) is 4.12. The van der Waals surface area contributed by atoms with Crippen LogP contribution in [0.25, 0.3) is 10.4 Å². The van der Waals surface area contributed by atoms with Gasteiger partial charge in [-0.15, -0.1) is 11.3 Å². The Morgan fingerprint density at radius 3 is 2.77 bits per heavy atom. The lowest BCUT2D eigenvalue weighted by Crippen LogP contribution is -1.75. The van der Waals surface area contributed by atoms with Crippen LogP contribution in [0.4, 0.5) is 0 Å². The molecule has 0 unspecified atom stereocenters. The van der Waals surface area contributed by atoms with E-state index in [1.165, 1.54) is 0 Å². The van der Waals surface area contributed by atoms with Crippen molar-refractivity contribution in [2.75, 3.05) is 0 Å². The van der Waals surface area contributed by atoms with Crippen molar-refractivity contribution in [1.82, 2.24) is 4.98 Å². The smallest absolute Gasteiger partial charge is 0.0797 e. The van der Waals surface area contributed by atoms with Crippen LogP contribution in [0.2, 0.25) is 10.0 Å². The summed E-state index contributed by atoms with van der Waals surface area (Å²) in [5, 5.41) is 1.17. The maximum Gasteiger partial charge on any atom is 0.0797 e. The van der Waals surface area contributed by atoms with Crippen LogP contribution in [0.5, 0.6) is 0 Å². The summed E-state index contributed by atoms with van der Waals surface area (Å²) in [6, 6.07) is 5.58. The highest BCUT2D eigenvalue weighted by atomic mass is 35.5. The molecule has 4 heteroatoms. The molecule has 0 saturated heterocycles. The molecule has 66 valence electrons. The first-order valence-electron chi connectivity index (χ1n) is 3.62. The number of thiazole rings is 1. The van der Waals surface area contributed by atoms with Crippen LogP contribution in [-0.4, -0.2) is 4.98 Å². The first-order valence-corrected chi connectivity index (χ1v) is 5.25. The number of rotatable bonds is 1. The molecule has 0 N–H and O–H groups in total. The van der Waals surface area contributed by atoms with E-state index in [-0.39, 0.29) is 0 Å². The number of benzene rings is 1. The average Bonchev–Trinajstić information content (AvgIpc) is 2.62. The molecule has 1 nitrogen and oxygen atoms in total. The number of nitrogens with zero attached hydrogens (tertiary/aromatic N) is 1. The monoisotopic (exact) mass is 229 g/mol. The molecule has 0 amide bonds. The van der Waals surface area contributed by atoms with Crippen LogP contribution < -0.4 is 0 Å².